The number of hydrogen-bond donors (Lipinski definition) is 1. The minimum Gasteiger partial charge on any atom is -0.497 e. The Bertz CT molecular complexity index is 819. The lowest BCUT2D eigenvalue weighted by Crippen LogP contribution is -2.48. The highest BCUT2D eigenvalue weighted by atomic mass is 16.5. The standard InChI is InChI=1S/C24H30N2O4/c1-29-20-9-7-19(8-10-20)24(28)26-15-22(23(27)16-26)25-13-11-21(12-14-25)30-17-18-5-3-2-4-6-18/h2-10,21-23,27H,11-17H2,1H3/t22-,23-/m0/s1. The van der Waals surface area contributed by atoms with E-state index in [9.17, 15) is 9.90 Å². The molecule has 2 atom stereocenters. The maximum atomic E-state index is 12.8. The van der Waals surface area contributed by atoms with Crippen molar-refractivity contribution < 1.29 is 19.4 Å². The number of rotatable bonds is 6. The zero-order valence-corrected chi connectivity index (χ0v) is 17.4. The Morgan fingerprint density at radius 1 is 1.03 bits per heavy atom. The van der Waals surface area contributed by atoms with Crippen LogP contribution in [0, 0.1) is 0 Å². The number of methoxy groups -OCH3 is 1. The molecule has 2 saturated heterocycles. The van der Waals surface area contributed by atoms with Crippen molar-refractivity contribution in [3.05, 3.63) is 65.7 Å². The van der Waals surface area contributed by atoms with E-state index in [4.69, 9.17) is 9.47 Å². The van der Waals surface area contributed by atoms with Gasteiger partial charge in [-0.15, -0.1) is 0 Å². The first-order valence-corrected chi connectivity index (χ1v) is 10.6. The van der Waals surface area contributed by atoms with Crippen LogP contribution in [0.2, 0.25) is 0 Å². The zero-order valence-electron chi connectivity index (χ0n) is 17.4. The van der Waals surface area contributed by atoms with Crippen molar-refractivity contribution in [2.75, 3.05) is 33.3 Å². The van der Waals surface area contributed by atoms with Gasteiger partial charge in [-0.3, -0.25) is 9.69 Å². The number of carbonyl (C=O) groups excluding carboxylic acids is 1. The topological polar surface area (TPSA) is 62.2 Å². The number of hydrogen-bond acceptors (Lipinski definition) is 5. The number of amides is 1. The van der Waals surface area contributed by atoms with E-state index in [1.54, 1.807) is 36.3 Å². The van der Waals surface area contributed by atoms with Gasteiger partial charge < -0.3 is 19.5 Å². The molecular weight excluding hydrogens is 380 g/mol. The fourth-order valence-electron chi connectivity index (χ4n) is 4.37. The first kappa shape index (κ1) is 20.8. The molecule has 2 aliphatic heterocycles. The number of ether oxygens (including phenoxy) is 2. The first-order valence-electron chi connectivity index (χ1n) is 10.6. The SMILES string of the molecule is COc1ccc(C(=O)N2C[C@H](O)[C@@H](N3CCC(OCc4ccccc4)CC3)C2)cc1. The highest BCUT2D eigenvalue weighted by Gasteiger charge is 2.39. The number of carbonyl (C=O) groups is 1. The van der Waals surface area contributed by atoms with Crippen molar-refractivity contribution in [3.63, 3.8) is 0 Å². The molecule has 0 spiro atoms. The Morgan fingerprint density at radius 3 is 2.40 bits per heavy atom. The van der Waals surface area contributed by atoms with Crippen LogP contribution in [-0.4, -0.2) is 72.4 Å². The van der Waals surface area contributed by atoms with Gasteiger partial charge in [0.05, 0.1) is 32.0 Å². The molecular formula is C24H30N2O4. The smallest absolute Gasteiger partial charge is 0.254 e. The molecule has 2 heterocycles. The van der Waals surface area contributed by atoms with Crippen molar-refractivity contribution in [1.29, 1.82) is 0 Å². The van der Waals surface area contributed by atoms with Gasteiger partial charge in [-0.05, 0) is 42.7 Å². The summed E-state index contributed by atoms with van der Waals surface area (Å²) in [5.74, 6) is 0.684. The molecule has 0 radical (unpaired) electrons. The second kappa shape index (κ2) is 9.60. The van der Waals surface area contributed by atoms with Crippen LogP contribution >= 0.6 is 0 Å². The van der Waals surface area contributed by atoms with Crippen molar-refractivity contribution in [2.45, 2.75) is 37.7 Å². The van der Waals surface area contributed by atoms with Crippen LogP contribution in [0.15, 0.2) is 54.6 Å². The molecule has 6 nitrogen and oxygen atoms in total. The van der Waals surface area contributed by atoms with Gasteiger partial charge in [0.15, 0.2) is 0 Å². The molecule has 2 aromatic rings. The van der Waals surface area contributed by atoms with Crippen LogP contribution < -0.4 is 4.74 Å². The van der Waals surface area contributed by atoms with E-state index < -0.39 is 6.10 Å². The van der Waals surface area contributed by atoms with Crippen molar-refractivity contribution >= 4 is 5.91 Å². The molecule has 1 N–H and O–H groups in total. The van der Waals surface area contributed by atoms with Crippen LogP contribution in [0.25, 0.3) is 0 Å². The highest BCUT2D eigenvalue weighted by Crippen LogP contribution is 2.24. The number of piperidine rings is 1. The molecule has 2 fully saturated rings. The van der Waals surface area contributed by atoms with Gasteiger partial charge in [0.2, 0.25) is 0 Å². The van der Waals surface area contributed by atoms with E-state index in [1.807, 2.05) is 18.2 Å². The Morgan fingerprint density at radius 2 is 1.73 bits per heavy atom. The monoisotopic (exact) mass is 410 g/mol. The van der Waals surface area contributed by atoms with Gasteiger partial charge in [-0.1, -0.05) is 30.3 Å². The Balaban J connectivity index is 1.27. The molecule has 4 rings (SSSR count). The molecule has 160 valence electrons. The number of aliphatic hydroxyl groups is 1. The quantitative estimate of drug-likeness (QED) is 0.793. The zero-order chi connectivity index (χ0) is 20.9. The first-order chi connectivity index (χ1) is 14.6. The molecule has 2 aromatic carbocycles. The number of nitrogens with zero attached hydrogens (tertiary/aromatic N) is 2. The fourth-order valence-corrected chi connectivity index (χ4v) is 4.37. The molecule has 0 aliphatic carbocycles. The third-order valence-electron chi connectivity index (χ3n) is 6.16. The summed E-state index contributed by atoms with van der Waals surface area (Å²) in [6, 6.07) is 17.3. The van der Waals surface area contributed by atoms with Gasteiger partial charge in [0.25, 0.3) is 5.91 Å². The average molecular weight is 411 g/mol. The number of β-amino-alcohol motifs (C(OH)–C–C–N with tert-alkyl or cyclic N) is 1. The maximum Gasteiger partial charge on any atom is 0.254 e. The summed E-state index contributed by atoms with van der Waals surface area (Å²) in [5.41, 5.74) is 1.82. The Labute approximate surface area is 178 Å². The molecule has 6 heteroatoms. The minimum absolute atomic E-state index is 0.0118. The van der Waals surface area contributed by atoms with E-state index in [0.717, 1.165) is 31.7 Å². The van der Waals surface area contributed by atoms with E-state index in [0.29, 0.717) is 25.3 Å². The van der Waals surface area contributed by atoms with Crippen LogP contribution in [0.4, 0.5) is 0 Å². The summed E-state index contributed by atoms with van der Waals surface area (Å²) < 4.78 is 11.2. The lowest BCUT2D eigenvalue weighted by Gasteiger charge is -2.36. The maximum absolute atomic E-state index is 12.8. The Hall–Kier alpha value is -2.41. The van der Waals surface area contributed by atoms with E-state index in [1.165, 1.54) is 5.56 Å². The molecule has 2 aliphatic rings. The van der Waals surface area contributed by atoms with E-state index >= 15 is 0 Å². The van der Waals surface area contributed by atoms with Crippen molar-refractivity contribution in [1.82, 2.24) is 9.80 Å². The Kier molecular flexibility index (Phi) is 6.67. The van der Waals surface area contributed by atoms with Crippen LogP contribution in [0.3, 0.4) is 0 Å². The van der Waals surface area contributed by atoms with Crippen LogP contribution in [-0.2, 0) is 11.3 Å². The summed E-state index contributed by atoms with van der Waals surface area (Å²) in [4.78, 5) is 16.9. The molecule has 0 bridgehead atoms. The molecule has 1 amide bonds. The van der Waals surface area contributed by atoms with E-state index in [-0.39, 0.29) is 18.1 Å². The fraction of sp³-hybridized carbons (Fsp3) is 0.458. The second-order valence-electron chi connectivity index (χ2n) is 8.11. The van der Waals surface area contributed by atoms with Gasteiger partial charge >= 0.3 is 0 Å². The summed E-state index contributed by atoms with van der Waals surface area (Å²) >= 11 is 0. The molecule has 0 saturated carbocycles. The number of aliphatic hydroxyl groups excluding tert-OH is 1. The summed E-state index contributed by atoms with van der Waals surface area (Å²) in [6.45, 7) is 3.33. The normalized spacial score (nSPS) is 22.9. The highest BCUT2D eigenvalue weighted by molar-refractivity contribution is 5.94. The molecule has 30 heavy (non-hydrogen) atoms. The lowest BCUT2D eigenvalue weighted by atomic mass is 10.0. The van der Waals surface area contributed by atoms with Crippen LogP contribution in [0.1, 0.15) is 28.8 Å². The van der Waals surface area contributed by atoms with Gasteiger partial charge in [-0.2, -0.15) is 0 Å². The molecule has 0 unspecified atom stereocenters. The van der Waals surface area contributed by atoms with Crippen molar-refractivity contribution in [3.8, 4) is 5.75 Å². The number of likely N-dealkylation sites (tertiary alicyclic amines) is 2. The summed E-state index contributed by atoms with van der Waals surface area (Å²) in [5, 5.41) is 10.6. The minimum atomic E-state index is -0.519. The van der Waals surface area contributed by atoms with Crippen LogP contribution in [0.5, 0.6) is 5.75 Å². The second-order valence-corrected chi connectivity index (χ2v) is 8.11. The van der Waals surface area contributed by atoms with Crippen molar-refractivity contribution in [2.24, 2.45) is 0 Å². The van der Waals surface area contributed by atoms with Gasteiger partial charge in [0, 0.05) is 31.7 Å². The summed E-state index contributed by atoms with van der Waals surface area (Å²) in [7, 11) is 1.61. The van der Waals surface area contributed by atoms with Gasteiger partial charge in [-0.25, -0.2) is 0 Å². The van der Waals surface area contributed by atoms with E-state index in [2.05, 4.69) is 17.0 Å². The lowest BCUT2D eigenvalue weighted by molar-refractivity contribution is -0.0212. The summed E-state index contributed by atoms with van der Waals surface area (Å²) in [6.07, 6.45) is 1.62. The third kappa shape index (κ3) is 4.83. The predicted molar refractivity (Wildman–Crippen MR) is 115 cm³/mol. The number of benzene rings is 2. The predicted octanol–water partition coefficient (Wildman–Crippen LogP) is 2.56. The average Bonchev–Trinajstić information content (AvgIpc) is 3.20. The molecule has 0 aromatic heterocycles. The van der Waals surface area contributed by atoms with Gasteiger partial charge in [0.1, 0.15) is 5.75 Å². The third-order valence-corrected chi connectivity index (χ3v) is 6.16. The largest absolute Gasteiger partial charge is 0.497 e.